The minimum atomic E-state index is -0.520. The Morgan fingerprint density at radius 3 is 2.54 bits per heavy atom. The number of aryl methyl sites for hydroxylation is 2. The number of rotatable bonds is 5. The smallest absolute Gasteiger partial charge is 0.176 e. The van der Waals surface area contributed by atoms with Crippen LogP contribution in [0, 0.1) is 13.8 Å². The summed E-state index contributed by atoms with van der Waals surface area (Å²) in [5.41, 5.74) is 0.913. The molecule has 0 unspecified atom stereocenters. The third-order valence-electron chi connectivity index (χ3n) is 4.52. The molecule has 1 aromatic heterocycles. The van der Waals surface area contributed by atoms with Gasteiger partial charge in [-0.1, -0.05) is 13.8 Å². The molecule has 5 nitrogen and oxygen atoms in total. The van der Waals surface area contributed by atoms with Crippen molar-refractivity contribution in [3.05, 3.63) is 33.0 Å². The maximum Gasteiger partial charge on any atom is 0.176 e. The van der Waals surface area contributed by atoms with Gasteiger partial charge in [0.1, 0.15) is 31.3 Å². The first-order valence-corrected chi connectivity index (χ1v) is 9.39. The van der Waals surface area contributed by atoms with Crippen LogP contribution in [0.4, 0.5) is 0 Å². The van der Waals surface area contributed by atoms with Gasteiger partial charge in [0.05, 0.1) is 4.88 Å². The number of hydrogen-bond donors (Lipinski definition) is 1. The summed E-state index contributed by atoms with van der Waals surface area (Å²) in [5.74, 6) is 2.30. The monoisotopic (exact) mass is 376 g/mol. The molecule has 0 amide bonds. The number of ether oxygens (including phenoxy) is 3. The van der Waals surface area contributed by atoms with Crippen molar-refractivity contribution < 1.29 is 24.1 Å². The van der Waals surface area contributed by atoms with E-state index in [-0.39, 0.29) is 18.1 Å². The molecule has 1 aromatic carbocycles. The first kappa shape index (κ1) is 18.6. The Hall–Kier alpha value is -2.21. The van der Waals surface area contributed by atoms with Gasteiger partial charge in [-0.2, -0.15) is 0 Å². The summed E-state index contributed by atoms with van der Waals surface area (Å²) in [5, 5.41) is 10.7. The van der Waals surface area contributed by atoms with Crippen LogP contribution in [0.15, 0.2) is 12.1 Å². The molecule has 0 fully saturated rings. The van der Waals surface area contributed by atoms with Gasteiger partial charge in [-0.15, -0.1) is 11.3 Å². The minimum Gasteiger partial charge on any atom is -0.507 e. The molecule has 140 valence electrons. The van der Waals surface area contributed by atoms with Gasteiger partial charge in [0.2, 0.25) is 0 Å². The molecule has 1 N–H and O–H groups in total. The van der Waals surface area contributed by atoms with E-state index in [1.165, 1.54) is 6.92 Å². The molecule has 26 heavy (non-hydrogen) atoms. The molecule has 2 heterocycles. The van der Waals surface area contributed by atoms with Gasteiger partial charge >= 0.3 is 0 Å². The second-order valence-electron chi connectivity index (χ2n) is 7.09. The number of ketones is 1. The molecular formula is C20H24O5S. The topological polar surface area (TPSA) is 65.0 Å². The highest BCUT2D eigenvalue weighted by molar-refractivity contribution is 7.12. The summed E-state index contributed by atoms with van der Waals surface area (Å²) in [7, 11) is 0. The van der Waals surface area contributed by atoms with Crippen molar-refractivity contribution in [2.24, 2.45) is 0 Å². The molecule has 1 aliphatic rings. The number of Topliss-reactive ketones (excluding diaryl/α,β-unsaturated/α-hetero) is 1. The number of phenols is 1. The number of fused-ring (bicyclic) bond motifs is 1. The average Bonchev–Trinajstić information content (AvgIpc) is 2.93. The highest BCUT2D eigenvalue weighted by Gasteiger charge is 2.36. The molecule has 0 bridgehead atoms. The molecule has 0 saturated heterocycles. The highest BCUT2D eigenvalue weighted by Crippen LogP contribution is 2.52. The van der Waals surface area contributed by atoms with Crippen LogP contribution >= 0.6 is 11.3 Å². The maximum absolute atomic E-state index is 11.2. The predicted molar refractivity (Wildman–Crippen MR) is 101 cm³/mol. The van der Waals surface area contributed by atoms with E-state index in [4.69, 9.17) is 14.2 Å². The van der Waals surface area contributed by atoms with Crippen LogP contribution in [0.25, 0.3) is 0 Å². The van der Waals surface area contributed by atoms with Crippen molar-refractivity contribution in [1.29, 1.82) is 0 Å². The molecule has 6 heteroatoms. The molecule has 3 rings (SSSR count). The van der Waals surface area contributed by atoms with Crippen LogP contribution in [-0.2, 0) is 10.2 Å². The first-order valence-electron chi connectivity index (χ1n) is 8.57. The van der Waals surface area contributed by atoms with Gasteiger partial charge in [-0.25, -0.2) is 0 Å². The molecular weight excluding hydrogens is 352 g/mol. The fourth-order valence-electron chi connectivity index (χ4n) is 3.12. The van der Waals surface area contributed by atoms with Crippen LogP contribution in [-0.4, -0.2) is 30.7 Å². The lowest BCUT2D eigenvalue weighted by Gasteiger charge is -2.28. The zero-order chi connectivity index (χ0) is 19.1. The molecule has 0 radical (unpaired) electrons. The van der Waals surface area contributed by atoms with Crippen LogP contribution < -0.4 is 14.2 Å². The third-order valence-corrected chi connectivity index (χ3v) is 5.91. The minimum absolute atomic E-state index is 0.00848. The van der Waals surface area contributed by atoms with Gasteiger partial charge in [0.25, 0.3) is 0 Å². The zero-order valence-corrected chi connectivity index (χ0v) is 16.6. The van der Waals surface area contributed by atoms with E-state index >= 15 is 0 Å². The largest absolute Gasteiger partial charge is 0.507 e. The summed E-state index contributed by atoms with van der Waals surface area (Å²) in [6.45, 7) is 10.5. The van der Waals surface area contributed by atoms with Crippen molar-refractivity contribution in [2.45, 2.75) is 40.0 Å². The summed E-state index contributed by atoms with van der Waals surface area (Å²) < 4.78 is 17.2. The number of carbonyl (C=O) groups is 1. The van der Waals surface area contributed by atoms with E-state index in [0.717, 1.165) is 26.8 Å². The molecule has 1 aliphatic heterocycles. The Kier molecular flexibility index (Phi) is 4.88. The van der Waals surface area contributed by atoms with Crippen molar-refractivity contribution in [2.75, 3.05) is 19.8 Å². The zero-order valence-electron chi connectivity index (χ0n) is 15.8. The van der Waals surface area contributed by atoms with Crippen LogP contribution in [0.3, 0.4) is 0 Å². The quantitative estimate of drug-likeness (QED) is 0.850. The van der Waals surface area contributed by atoms with Crippen LogP contribution in [0.2, 0.25) is 0 Å². The maximum atomic E-state index is 11.2. The van der Waals surface area contributed by atoms with E-state index in [9.17, 15) is 9.90 Å². The standard InChI is InChI=1S/C20H24O5S/c1-11-8-14(25-10-12(2)21)9-15(16(11)22)20(4,5)19-18-17(13(3)26-19)23-6-7-24-18/h8-9,22H,6-7,10H2,1-5H3. The second-order valence-corrected chi connectivity index (χ2v) is 8.32. The van der Waals surface area contributed by atoms with Crippen molar-refractivity contribution >= 4 is 17.1 Å². The van der Waals surface area contributed by atoms with Crippen molar-refractivity contribution in [3.8, 4) is 23.0 Å². The van der Waals surface area contributed by atoms with Crippen molar-refractivity contribution in [1.82, 2.24) is 0 Å². The second kappa shape index (κ2) is 6.83. The summed E-state index contributed by atoms with van der Waals surface area (Å²) in [6.07, 6.45) is 0. The van der Waals surface area contributed by atoms with E-state index in [1.807, 2.05) is 27.7 Å². The van der Waals surface area contributed by atoms with Gasteiger partial charge in [0.15, 0.2) is 17.3 Å². The average molecular weight is 376 g/mol. The van der Waals surface area contributed by atoms with Gasteiger partial charge < -0.3 is 19.3 Å². The normalized spacial score (nSPS) is 13.6. The van der Waals surface area contributed by atoms with Gasteiger partial charge in [0, 0.05) is 15.9 Å². The summed E-state index contributed by atoms with van der Waals surface area (Å²) >= 11 is 1.61. The fraction of sp³-hybridized carbons (Fsp3) is 0.450. The molecule has 0 saturated carbocycles. The van der Waals surface area contributed by atoms with E-state index in [1.54, 1.807) is 23.5 Å². The van der Waals surface area contributed by atoms with Crippen LogP contribution in [0.1, 0.15) is 41.7 Å². The van der Waals surface area contributed by atoms with E-state index in [0.29, 0.717) is 24.5 Å². The lowest BCUT2D eigenvalue weighted by Crippen LogP contribution is -2.22. The lowest BCUT2D eigenvalue weighted by atomic mass is 9.81. The SMILES string of the molecule is CC(=O)COc1cc(C)c(O)c(C(C)(C)c2sc(C)c3c2OCCO3)c1. The lowest BCUT2D eigenvalue weighted by molar-refractivity contribution is -0.118. The first-order chi connectivity index (χ1) is 12.2. The molecule has 0 spiro atoms. The Balaban J connectivity index is 2.08. The Morgan fingerprint density at radius 2 is 1.88 bits per heavy atom. The summed E-state index contributed by atoms with van der Waals surface area (Å²) in [4.78, 5) is 13.3. The Morgan fingerprint density at radius 1 is 1.23 bits per heavy atom. The number of benzene rings is 1. The number of thiophene rings is 1. The van der Waals surface area contributed by atoms with Crippen LogP contribution in [0.5, 0.6) is 23.0 Å². The highest BCUT2D eigenvalue weighted by atomic mass is 32.1. The predicted octanol–water partition coefficient (Wildman–Crippen LogP) is 4.14. The number of aromatic hydroxyl groups is 1. The number of carbonyl (C=O) groups excluding carboxylic acids is 1. The Bertz CT molecular complexity index is 850. The number of phenolic OH excluding ortho intramolecular Hbond substituents is 1. The van der Waals surface area contributed by atoms with Gasteiger partial charge in [-0.05, 0) is 38.5 Å². The van der Waals surface area contributed by atoms with E-state index in [2.05, 4.69) is 0 Å². The Labute approximate surface area is 157 Å². The third kappa shape index (κ3) is 3.26. The van der Waals surface area contributed by atoms with Crippen molar-refractivity contribution in [3.63, 3.8) is 0 Å². The summed E-state index contributed by atoms with van der Waals surface area (Å²) in [6, 6.07) is 3.54. The molecule has 0 aliphatic carbocycles. The molecule has 0 atom stereocenters. The number of hydrogen-bond acceptors (Lipinski definition) is 6. The fourth-order valence-corrected chi connectivity index (χ4v) is 4.28. The van der Waals surface area contributed by atoms with E-state index < -0.39 is 5.41 Å². The van der Waals surface area contributed by atoms with Gasteiger partial charge in [-0.3, -0.25) is 4.79 Å². The molecule has 2 aromatic rings.